The fourth-order valence-electron chi connectivity index (χ4n) is 3.88. The van der Waals surface area contributed by atoms with Gasteiger partial charge >= 0.3 is 0 Å². The van der Waals surface area contributed by atoms with E-state index >= 15 is 0 Å². The van der Waals surface area contributed by atoms with Gasteiger partial charge in [-0.25, -0.2) is 0 Å². The van der Waals surface area contributed by atoms with E-state index in [1.807, 2.05) is 24.3 Å². The number of methoxy groups -OCH3 is 1. The van der Waals surface area contributed by atoms with E-state index in [4.69, 9.17) is 17.0 Å². The number of anilines is 1. The lowest BCUT2D eigenvalue weighted by molar-refractivity contribution is 0.415. The Balaban J connectivity index is 1.55. The maximum Gasteiger partial charge on any atom is 0.171 e. The molecule has 0 aromatic heterocycles. The highest BCUT2D eigenvalue weighted by Crippen LogP contribution is 2.35. The van der Waals surface area contributed by atoms with Crippen LogP contribution in [-0.4, -0.2) is 24.4 Å². The molecule has 0 aliphatic rings. The molecule has 0 saturated carbocycles. The topological polar surface area (TPSA) is 33.3 Å². The van der Waals surface area contributed by atoms with Crippen LogP contribution in [0.15, 0.2) is 115 Å². The fourth-order valence-corrected chi connectivity index (χ4v) is 6.61. The molecular weight excluding hydrogens is 455 g/mol. The lowest BCUT2D eigenvalue weighted by atomic mass is 10.1. The number of hydrogen-bond donors (Lipinski definition) is 2. The molecule has 34 heavy (non-hydrogen) atoms. The first-order chi connectivity index (χ1) is 16.7. The summed E-state index contributed by atoms with van der Waals surface area (Å²) in [5.41, 5.74) is 2.23. The van der Waals surface area contributed by atoms with Crippen LogP contribution in [-0.2, 0) is 6.42 Å². The minimum Gasteiger partial charge on any atom is -0.497 e. The van der Waals surface area contributed by atoms with Gasteiger partial charge in [0.25, 0.3) is 0 Å². The molecule has 4 aromatic rings. The zero-order valence-corrected chi connectivity index (χ0v) is 20.9. The molecule has 0 bridgehead atoms. The van der Waals surface area contributed by atoms with E-state index in [0.29, 0.717) is 5.11 Å². The van der Waals surface area contributed by atoms with Gasteiger partial charge in [0.15, 0.2) is 5.11 Å². The first kappa shape index (κ1) is 23.9. The van der Waals surface area contributed by atoms with E-state index in [2.05, 4.69) is 102 Å². The highest BCUT2D eigenvalue weighted by atomic mass is 32.1. The van der Waals surface area contributed by atoms with Crippen LogP contribution in [0.25, 0.3) is 0 Å². The summed E-state index contributed by atoms with van der Waals surface area (Å²) >= 11 is 5.73. The van der Waals surface area contributed by atoms with E-state index in [1.165, 1.54) is 16.2 Å². The van der Waals surface area contributed by atoms with Crippen molar-refractivity contribution in [3.05, 3.63) is 121 Å². The summed E-state index contributed by atoms with van der Waals surface area (Å²) in [6.45, 7) is 0. The van der Waals surface area contributed by atoms with E-state index < -0.39 is 7.92 Å². The molecule has 0 radical (unpaired) electrons. The van der Waals surface area contributed by atoms with Crippen molar-refractivity contribution in [2.24, 2.45) is 0 Å². The van der Waals surface area contributed by atoms with Crippen LogP contribution in [0.2, 0.25) is 0 Å². The van der Waals surface area contributed by atoms with Gasteiger partial charge in [0.1, 0.15) is 5.75 Å². The van der Waals surface area contributed by atoms with Crippen molar-refractivity contribution in [1.29, 1.82) is 0 Å². The number of ether oxygens (including phenoxy) is 1. The molecule has 0 heterocycles. The van der Waals surface area contributed by atoms with Gasteiger partial charge < -0.3 is 15.4 Å². The molecular formula is C29H29N2OPS. The van der Waals surface area contributed by atoms with Crippen LogP contribution in [0.4, 0.5) is 5.69 Å². The molecule has 1 atom stereocenters. The first-order valence-electron chi connectivity index (χ1n) is 11.3. The summed E-state index contributed by atoms with van der Waals surface area (Å²) in [4.78, 5) is 0. The van der Waals surface area contributed by atoms with Crippen molar-refractivity contribution in [2.45, 2.75) is 12.5 Å². The lowest BCUT2D eigenvalue weighted by Crippen LogP contribution is -2.42. The molecule has 3 nitrogen and oxygen atoms in total. The molecule has 0 spiro atoms. The van der Waals surface area contributed by atoms with Gasteiger partial charge in [0, 0.05) is 11.7 Å². The van der Waals surface area contributed by atoms with Gasteiger partial charge in [-0.15, -0.1) is 0 Å². The van der Waals surface area contributed by atoms with Crippen molar-refractivity contribution in [3.63, 3.8) is 0 Å². The van der Waals surface area contributed by atoms with Crippen molar-refractivity contribution < 1.29 is 4.74 Å². The summed E-state index contributed by atoms with van der Waals surface area (Å²) in [5, 5.41) is 10.3. The number of thiocarbonyl (C=S) groups is 1. The Morgan fingerprint density at radius 3 is 1.82 bits per heavy atom. The first-order valence-corrected chi connectivity index (χ1v) is 13.3. The minimum absolute atomic E-state index is 0.173. The van der Waals surface area contributed by atoms with Gasteiger partial charge in [0.05, 0.1) is 7.11 Å². The van der Waals surface area contributed by atoms with Gasteiger partial charge in [-0.05, 0) is 73.2 Å². The third kappa shape index (κ3) is 6.90. The average Bonchev–Trinajstić information content (AvgIpc) is 2.89. The van der Waals surface area contributed by atoms with Crippen molar-refractivity contribution in [1.82, 2.24) is 5.32 Å². The molecule has 0 amide bonds. The zero-order valence-electron chi connectivity index (χ0n) is 19.2. The summed E-state index contributed by atoms with van der Waals surface area (Å²) in [6, 6.07) is 40.2. The van der Waals surface area contributed by atoms with Crippen LogP contribution in [0, 0.1) is 0 Å². The Labute approximate surface area is 208 Å². The van der Waals surface area contributed by atoms with Crippen LogP contribution in [0.5, 0.6) is 5.75 Å². The average molecular weight is 485 g/mol. The maximum absolute atomic E-state index is 5.73. The van der Waals surface area contributed by atoms with E-state index in [9.17, 15) is 0 Å². The number of rotatable bonds is 9. The van der Waals surface area contributed by atoms with Gasteiger partial charge in [-0.2, -0.15) is 0 Å². The Morgan fingerprint density at radius 1 is 0.765 bits per heavy atom. The predicted molar refractivity (Wildman–Crippen MR) is 150 cm³/mol. The Kier molecular flexibility index (Phi) is 8.67. The predicted octanol–water partition coefficient (Wildman–Crippen LogP) is 5.73. The van der Waals surface area contributed by atoms with Crippen LogP contribution in [0.3, 0.4) is 0 Å². The Bertz CT molecular complexity index is 1120. The van der Waals surface area contributed by atoms with Crippen LogP contribution in [0.1, 0.15) is 5.56 Å². The fraction of sp³-hybridized carbons (Fsp3) is 0.138. The summed E-state index contributed by atoms with van der Waals surface area (Å²) < 4.78 is 5.26. The second-order valence-electron chi connectivity index (χ2n) is 8.00. The van der Waals surface area contributed by atoms with Crippen LogP contribution >= 0.6 is 20.1 Å². The highest BCUT2D eigenvalue weighted by molar-refractivity contribution is 7.80. The van der Waals surface area contributed by atoms with Crippen LogP contribution < -0.4 is 26.0 Å². The maximum atomic E-state index is 5.73. The molecule has 0 aliphatic heterocycles. The van der Waals surface area contributed by atoms with Gasteiger partial charge in [-0.3, -0.25) is 0 Å². The molecule has 5 heteroatoms. The number of hydrogen-bond acceptors (Lipinski definition) is 2. The second kappa shape index (κ2) is 12.3. The largest absolute Gasteiger partial charge is 0.497 e. The summed E-state index contributed by atoms with van der Waals surface area (Å²) in [6.07, 6.45) is 1.87. The standard InChI is InChI=1S/C29H29N2OPS/c1-32-26-19-17-24(18-20-26)30-29(34)31-25(21-23-11-5-2-6-12-23)22-33(27-13-7-3-8-14-27)28-15-9-4-10-16-28/h2-20,25H,21-22H2,1H3,(H2,30,31,34)/t25-/m0/s1. The molecule has 0 unspecified atom stereocenters. The zero-order chi connectivity index (χ0) is 23.6. The normalized spacial score (nSPS) is 11.6. The van der Waals surface area contributed by atoms with Crippen molar-refractivity contribution >= 4 is 41.5 Å². The molecule has 0 fully saturated rings. The highest BCUT2D eigenvalue weighted by Gasteiger charge is 2.21. The van der Waals surface area contributed by atoms with E-state index in [1.54, 1.807) is 7.11 Å². The SMILES string of the molecule is COc1ccc(NC(=S)N[C@@H](Cc2ccccc2)CP(c2ccccc2)c2ccccc2)cc1. The summed E-state index contributed by atoms with van der Waals surface area (Å²) in [7, 11) is 1.12. The monoisotopic (exact) mass is 484 g/mol. The quantitative estimate of drug-likeness (QED) is 0.235. The molecule has 4 rings (SSSR count). The van der Waals surface area contributed by atoms with E-state index in [-0.39, 0.29) is 6.04 Å². The molecule has 4 aromatic carbocycles. The number of nitrogens with one attached hydrogen (secondary N) is 2. The van der Waals surface area contributed by atoms with Gasteiger partial charge in [0.2, 0.25) is 0 Å². The lowest BCUT2D eigenvalue weighted by Gasteiger charge is -2.27. The molecule has 0 aliphatic carbocycles. The van der Waals surface area contributed by atoms with Crippen molar-refractivity contribution in [3.8, 4) is 5.75 Å². The number of benzene rings is 4. The Hall–Kier alpha value is -3.20. The Morgan fingerprint density at radius 2 is 1.29 bits per heavy atom. The van der Waals surface area contributed by atoms with Crippen molar-refractivity contribution in [2.75, 3.05) is 18.6 Å². The summed E-state index contributed by atoms with van der Waals surface area (Å²) in [5.74, 6) is 0.822. The second-order valence-corrected chi connectivity index (χ2v) is 10.7. The molecule has 172 valence electrons. The third-order valence-corrected chi connectivity index (χ3v) is 8.42. The van der Waals surface area contributed by atoms with Gasteiger partial charge in [-0.1, -0.05) is 91.0 Å². The smallest absolute Gasteiger partial charge is 0.171 e. The molecule has 0 saturated heterocycles. The minimum atomic E-state index is -0.549. The molecule has 2 N–H and O–H groups in total. The third-order valence-electron chi connectivity index (χ3n) is 5.55. The van der Waals surface area contributed by atoms with E-state index in [0.717, 1.165) is 24.0 Å².